The summed E-state index contributed by atoms with van der Waals surface area (Å²) in [4.78, 5) is 26.0. The fourth-order valence-electron chi connectivity index (χ4n) is 2.49. The quantitative estimate of drug-likeness (QED) is 0.905. The minimum atomic E-state index is -0.563. The van der Waals surface area contributed by atoms with Crippen LogP contribution < -0.4 is 19.7 Å². The summed E-state index contributed by atoms with van der Waals surface area (Å²) in [6.07, 6.45) is 0. The average molecular weight is 292 g/mol. The number of methoxy groups -OCH3 is 2. The Morgan fingerprint density at radius 1 is 1.24 bits per heavy atom. The Balaban J connectivity index is 2.54. The number of piperazine rings is 1. The van der Waals surface area contributed by atoms with Crippen LogP contribution in [0.1, 0.15) is 13.8 Å². The van der Waals surface area contributed by atoms with Gasteiger partial charge in [0.2, 0.25) is 11.8 Å². The third kappa shape index (κ3) is 2.79. The zero-order valence-corrected chi connectivity index (χ0v) is 12.7. The molecule has 0 spiro atoms. The van der Waals surface area contributed by atoms with E-state index in [2.05, 4.69) is 5.32 Å². The summed E-state index contributed by atoms with van der Waals surface area (Å²) in [6, 6.07) is 4.63. The lowest BCUT2D eigenvalue weighted by Crippen LogP contribution is -2.60. The van der Waals surface area contributed by atoms with Crippen LogP contribution in [0.5, 0.6) is 11.5 Å². The summed E-state index contributed by atoms with van der Waals surface area (Å²) in [5.74, 6) is 0.788. The zero-order chi connectivity index (χ0) is 15.6. The van der Waals surface area contributed by atoms with E-state index in [9.17, 15) is 9.59 Å². The highest BCUT2D eigenvalue weighted by atomic mass is 16.5. The fourth-order valence-corrected chi connectivity index (χ4v) is 2.49. The number of rotatable bonds is 4. The van der Waals surface area contributed by atoms with Crippen molar-refractivity contribution in [3.8, 4) is 11.5 Å². The maximum Gasteiger partial charge on any atom is 0.247 e. The molecule has 2 amide bonds. The molecule has 0 aromatic heterocycles. The van der Waals surface area contributed by atoms with Crippen LogP contribution in [0.25, 0.3) is 0 Å². The molecule has 6 heteroatoms. The van der Waals surface area contributed by atoms with E-state index in [1.165, 1.54) is 12.0 Å². The number of anilines is 1. The molecule has 1 aliphatic heterocycles. The molecule has 1 heterocycles. The van der Waals surface area contributed by atoms with Crippen molar-refractivity contribution >= 4 is 17.5 Å². The highest BCUT2D eigenvalue weighted by molar-refractivity contribution is 6.07. The molecule has 0 aliphatic carbocycles. The van der Waals surface area contributed by atoms with Gasteiger partial charge in [-0.1, -0.05) is 13.8 Å². The minimum absolute atomic E-state index is 0.0115. The summed E-state index contributed by atoms with van der Waals surface area (Å²) < 4.78 is 10.5. The van der Waals surface area contributed by atoms with E-state index in [1.807, 2.05) is 13.8 Å². The third-order valence-electron chi connectivity index (χ3n) is 3.51. The van der Waals surface area contributed by atoms with Crippen LogP contribution in [0.4, 0.5) is 5.69 Å². The van der Waals surface area contributed by atoms with Gasteiger partial charge in [0.05, 0.1) is 26.5 Å². The van der Waals surface area contributed by atoms with Crippen LogP contribution in [0.3, 0.4) is 0 Å². The molecule has 114 valence electrons. The number of ether oxygens (including phenoxy) is 2. The van der Waals surface area contributed by atoms with Crippen molar-refractivity contribution in [3.05, 3.63) is 18.2 Å². The first-order valence-electron chi connectivity index (χ1n) is 6.81. The van der Waals surface area contributed by atoms with Crippen LogP contribution in [-0.2, 0) is 9.59 Å². The van der Waals surface area contributed by atoms with Gasteiger partial charge in [-0.3, -0.25) is 14.5 Å². The molecule has 2 rings (SSSR count). The lowest BCUT2D eigenvalue weighted by Gasteiger charge is -2.37. The van der Waals surface area contributed by atoms with E-state index >= 15 is 0 Å². The second kappa shape index (κ2) is 6.03. The van der Waals surface area contributed by atoms with Crippen LogP contribution in [0.15, 0.2) is 18.2 Å². The molecule has 0 saturated carbocycles. The van der Waals surface area contributed by atoms with Crippen molar-refractivity contribution in [1.29, 1.82) is 0 Å². The minimum Gasteiger partial charge on any atom is -0.497 e. The summed E-state index contributed by atoms with van der Waals surface area (Å²) in [5.41, 5.74) is 0.551. The number of carbonyl (C=O) groups is 2. The van der Waals surface area contributed by atoms with Crippen LogP contribution in [0, 0.1) is 5.92 Å². The first-order valence-corrected chi connectivity index (χ1v) is 6.81. The van der Waals surface area contributed by atoms with Crippen molar-refractivity contribution < 1.29 is 19.1 Å². The van der Waals surface area contributed by atoms with Crippen LogP contribution >= 0.6 is 0 Å². The van der Waals surface area contributed by atoms with E-state index in [-0.39, 0.29) is 24.3 Å². The zero-order valence-electron chi connectivity index (χ0n) is 12.7. The van der Waals surface area contributed by atoms with Crippen molar-refractivity contribution in [2.75, 3.05) is 25.7 Å². The van der Waals surface area contributed by atoms with Crippen molar-refractivity contribution in [2.24, 2.45) is 5.92 Å². The standard InChI is InChI=1S/C15H20N2O4/c1-9(2)14-15(19)16-8-13(18)17(14)11-7-10(20-3)5-6-12(11)21-4/h5-7,9,14H,8H2,1-4H3,(H,16,19). The lowest BCUT2D eigenvalue weighted by atomic mass is 9.98. The summed E-state index contributed by atoms with van der Waals surface area (Å²) in [5, 5.41) is 2.63. The lowest BCUT2D eigenvalue weighted by molar-refractivity contribution is -0.131. The average Bonchev–Trinajstić information content (AvgIpc) is 2.48. The fraction of sp³-hybridized carbons (Fsp3) is 0.467. The molecule has 1 N–H and O–H groups in total. The van der Waals surface area contributed by atoms with Gasteiger partial charge in [0, 0.05) is 6.07 Å². The van der Waals surface area contributed by atoms with Gasteiger partial charge in [-0.25, -0.2) is 0 Å². The van der Waals surface area contributed by atoms with Gasteiger partial charge in [0.1, 0.15) is 17.5 Å². The van der Waals surface area contributed by atoms with Crippen molar-refractivity contribution in [1.82, 2.24) is 5.32 Å². The molecule has 1 aliphatic rings. The highest BCUT2D eigenvalue weighted by Gasteiger charge is 2.38. The van der Waals surface area contributed by atoms with E-state index in [4.69, 9.17) is 9.47 Å². The summed E-state index contributed by atoms with van der Waals surface area (Å²) in [7, 11) is 3.08. The Hall–Kier alpha value is -2.24. The van der Waals surface area contributed by atoms with E-state index in [1.54, 1.807) is 25.3 Å². The van der Waals surface area contributed by atoms with E-state index in [0.717, 1.165) is 0 Å². The normalized spacial score (nSPS) is 18.7. The Labute approximate surface area is 124 Å². The number of hydrogen-bond donors (Lipinski definition) is 1. The molecule has 1 fully saturated rings. The van der Waals surface area contributed by atoms with Gasteiger partial charge in [0.15, 0.2) is 0 Å². The first kappa shape index (κ1) is 15.2. The molecule has 1 saturated heterocycles. The maximum absolute atomic E-state index is 12.3. The molecular formula is C15H20N2O4. The summed E-state index contributed by atoms with van der Waals surface area (Å²) in [6.45, 7) is 3.80. The van der Waals surface area contributed by atoms with Crippen LogP contribution in [0.2, 0.25) is 0 Å². The number of benzene rings is 1. The van der Waals surface area contributed by atoms with Gasteiger partial charge in [-0.05, 0) is 18.1 Å². The first-order chi connectivity index (χ1) is 9.99. The summed E-state index contributed by atoms with van der Waals surface area (Å²) >= 11 is 0. The Bertz CT molecular complexity index is 557. The SMILES string of the molecule is COc1ccc(OC)c(N2C(=O)CNC(=O)C2C(C)C)c1. The second-order valence-corrected chi connectivity index (χ2v) is 5.21. The van der Waals surface area contributed by atoms with Crippen molar-refractivity contribution in [3.63, 3.8) is 0 Å². The number of nitrogens with one attached hydrogen (secondary N) is 1. The van der Waals surface area contributed by atoms with Gasteiger partial charge < -0.3 is 14.8 Å². The Morgan fingerprint density at radius 3 is 2.52 bits per heavy atom. The Kier molecular flexibility index (Phi) is 4.35. The molecule has 1 unspecified atom stereocenters. The predicted octanol–water partition coefficient (Wildman–Crippen LogP) is 1.19. The van der Waals surface area contributed by atoms with Crippen molar-refractivity contribution in [2.45, 2.75) is 19.9 Å². The smallest absolute Gasteiger partial charge is 0.247 e. The number of hydrogen-bond acceptors (Lipinski definition) is 4. The molecular weight excluding hydrogens is 272 g/mol. The van der Waals surface area contributed by atoms with Gasteiger partial charge in [-0.2, -0.15) is 0 Å². The van der Waals surface area contributed by atoms with E-state index in [0.29, 0.717) is 17.2 Å². The Morgan fingerprint density at radius 2 is 1.95 bits per heavy atom. The molecule has 6 nitrogen and oxygen atoms in total. The second-order valence-electron chi connectivity index (χ2n) is 5.21. The monoisotopic (exact) mass is 292 g/mol. The molecule has 1 atom stereocenters. The number of amides is 2. The molecule has 0 radical (unpaired) electrons. The van der Waals surface area contributed by atoms with Gasteiger partial charge in [-0.15, -0.1) is 0 Å². The predicted molar refractivity (Wildman–Crippen MR) is 78.7 cm³/mol. The van der Waals surface area contributed by atoms with Crippen LogP contribution in [-0.4, -0.2) is 38.6 Å². The van der Waals surface area contributed by atoms with Gasteiger partial charge >= 0.3 is 0 Å². The maximum atomic E-state index is 12.3. The molecule has 1 aromatic carbocycles. The third-order valence-corrected chi connectivity index (χ3v) is 3.51. The molecule has 0 bridgehead atoms. The molecule has 1 aromatic rings. The van der Waals surface area contributed by atoms with Gasteiger partial charge in [0.25, 0.3) is 0 Å². The largest absolute Gasteiger partial charge is 0.497 e. The van der Waals surface area contributed by atoms with E-state index < -0.39 is 6.04 Å². The highest BCUT2D eigenvalue weighted by Crippen LogP contribution is 2.35. The topological polar surface area (TPSA) is 67.9 Å². The number of nitrogens with zero attached hydrogens (tertiary/aromatic N) is 1. The molecule has 21 heavy (non-hydrogen) atoms. The number of carbonyl (C=O) groups excluding carboxylic acids is 2.